The standard InChI is InChI=1S/C17H23IN2O/c1-19-9-2-3-14-11-20(10-8-16(14)19)12-17(21)13-4-6-15(18)7-5-13/h4-7,14,16H,2-3,8-12H2,1H3. The molecule has 2 atom stereocenters. The van der Waals surface area contributed by atoms with Crippen molar-refractivity contribution in [2.45, 2.75) is 25.3 Å². The van der Waals surface area contributed by atoms with E-state index in [1.807, 2.05) is 24.3 Å². The SMILES string of the molecule is CN1CCCC2CN(CC(=O)c3ccc(I)cc3)CCC21. The number of carbonyl (C=O) groups is 1. The van der Waals surface area contributed by atoms with Crippen molar-refractivity contribution in [3.8, 4) is 0 Å². The quantitative estimate of drug-likeness (QED) is 0.578. The molecule has 3 nitrogen and oxygen atoms in total. The van der Waals surface area contributed by atoms with E-state index in [-0.39, 0.29) is 5.78 Å². The molecule has 2 saturated heterocycles. The molecule has 0 amide bonds. The highest BCUT2D eigenvalue weighted by Gasteiger charge is 2.34. The number of piperidine rings is 2. The largest absolute Gasteiger partial charge is 0.303 e. The van der Waals surface area contributed by atoms with E-state index in [4.69, 9.17) is 0 Å². The van der Waals surface area contributed by atoms with Gasteiger partial charge < -0.3 is 4.90 Å². The van der Waals surface area contributed by atoms with Gasteiger partial charge in [-0.25, -0.2) is 0 Å². The van der Waals surface area contributed by atoms with Crippen molar-refractivity contribution < 1.29 is 4.79 Å². The second-order valence-corrected chi connectivity index (χ2v) is 7.65. The van der Waals surface area contributed by atoms with Crippen LogP contribution in [-0.4, -0.2) is 54.9 Å². The molecule has 21 heavy (non-hydrogen) atoms. The number of hydrogen-bond donors (Lipinski definition) is 0. The Balaban J connectivity index is 1.59. The van der Waals surface area contributed by atoms with Crippen LogP contribution in [0.4, 0.5) is 0 Å². The number of halogens is 1. The summed E-state index contributed by atoms with van der Waals surface area (Å²) in [6.45, 7) is 3.96. The fourth-order valence-corrected chi connectivity index (χ4v) is 4.16. The van der Waals surface area contributed by atoms with Crippen LogP contribution in [0.1, 0.15) is 29.6 Å². The molecule has 1 aromatic rings. The smallest absolute Gasteiger partial charge is 0.176 e. The van der Waals surface area contributed by atoms with Gasteiger partial charge in [-0.3, -0.25) is 9.69 Å². The molecule has 0 radical (unpaired) electrons. The van der Waals surface area contributed by atoms with Gasteiger partial charge in [0, 0.05) is 28.3 Å². The minimum absolute atomic E-state index is 0.258. The third-order valence-corrected chi connectivity index (χ3v) is 5.68. The summed E-state index contributed by atoms with van der Waals surface area (Å²) in [5, 5.41) is 0. The highest BCUT2D eigenvalue weighted by Crippen LogP contribution is 2.29. The molecule has 0 aliphatic carbocycles. The highest BCUT2D eigenvalue weighted by molar-refractivity contribution is 14.1. The predicted octanol–water partition coefficient (Wildman–Crippen LogP) is 2.89. The van der Waals surface area contributed by atoms with E-state index in [0.29, 0.717) is 6.54 Å². The molecule has 114 valence electrons. The molecule has 2 fully saturated rings. The van der Waals surface area contributed by atoms with Crippen molar-refractivity contribution in [2.75, 3.05) is 33.2 Å². The average Bonchev–Trinajstić information content (AvgIpc) is 2.48. The molecule has 0 bridgehead atoms. The number of Topliss-reactive ketones (excluding diaryl/α,β-unsaturated/α-hetero) is 1. The van der Waals surface area contributed by atoms with E-state index >= 15 is 0 Å². The third kappa shape index (κ3) is 3.66. The lowest BCUT2D eigenvalue weighted by atomic mass is 9.84. The van der Waals surface area contributed by atoms with Gasteiger partial charge in [-0.15, -0.1) is 0 Å². The molecule has 1 aromatic carbocycles. The van der Waals surface area contributed by atoms with Crippen LogP contribution >= 0.6 is 22.6 Å². The number of ketones is 1. The molecule has 0 spiro atoms. The maximum Gasteiger partial charge on any atom is 0.176 e. The molecule has 2 aliphatic heterocycles. The van der Waals surface area contributed by atoms with Crippen molar-refractivity contribution in [1.29, 1.82) is 0 Å². The zero-order chi connectivity index (χ0) is 14.8. The van der Waals surface area contributed by atoms with Crippen molar-refractivity contribution in [3.63, 3.8) is 0 Å². The number of fused-ring (bicyclic) bond motifs is 1. The Labute approximate surface area is 140 Å². The van der Waals surface area contributed by atoms with Gasteiger partial charge in [-0.05, 0) is 73.5 Å². The number of nitrogens with zero attached hydrogens (tertiary/aromatic N) is 2. The first-order valence-electron chi connectivity index (χ1n) is 7.85. The van der Waals surface area contributed by atoms with E-state index in [2.05, 4.69) is 39.4 Å². The number of rotatable bonds is 3. The summed E-state index contributed by atoms with van der Waals surface area (Å²) in [7, 11) is 2.25. The van der Waals surface area contributed by atoms with Crippen LogP contribution in [0, 0.1) is 9.49 Å². The topological polar surface area (TPSA) is 23.6 Å². The second-order valence-electron chi connectivity index (χ2n) is 6.40. The number of benzene rings is 1. The van der Waals surface area contributed by atoms with Crippen LogP contribution in [0.25, 0.3) is 0 Å². The molecule has 0 saturated carbocycles. The molecular weight excluding hydrogens is 375 g/mol. The van der Waals surface area contributed by atoms with Gasteiger partial charge in [0.05, 0.1) is 6.54 Å². The Hall–Kier alpha value is -0.460. The van der Waals surface area contributed by atoms with Crippen LogP contribution in [0.2, 0.25) is 0 Å². The van der Waals surface area contributed by atoms with Gasteiger partial charge >= 0.3 is 0 Å². The van der Waals surface area contributed by atoms with Gasteiger partial charge in [0.15, 0.2) is 5.78 Å². The van der Waals surface area contributed by atoms with E-state index in [9.17, 15) is 4.79 Å². The fourth-order valence-electron chi connectivity index (χ4n) is 3.80. The highest BCUT2D eigenvalue weighted by atomic mass is 127. The first-order valence-corrected chi connectivity index (χ1v) is 8.93. The van der Waals surface area contributed by atoms with Crippen LogP contribution < -0.4 is 0 Å². The lowest BCUT2D eigenvalue weighted by molar-refractivity contribution is 0.0378. The summed E-state index contributed by atoms with van der Waals surface area (Å²) in [5.74, 6) is 1.01. The average molecular weight is 398 g/mol. The number of carbonyl (C=O) groups excluding carboxylic acids is 1. The van der Waals surface area contributed by atoms with Crippen molar-refractivity contribution in [1.82, 2.24) is 9.80 Å². The summed E-state index contributed by atoms with van der Waals surface area (Å²) < 4.78 is 1.18. The first-order chi connectivity index (χ1) is 10.1. The van der Waals surface area contributed by atoms with Crippen LogP contribution in [0.3, 0.4) is 0 Å². The molecular formula is C17H23IN2O. The van der Waals surface area contributed by atoms with Crippen LogP contribution in [0.5, 0.6) is 0 Å². The monoisotopic (exact) mass is 398 g/mol. The molecule has 3 rings (SSSR count). The Bertz CT molecular complexity index is 502. The zero-order valence-electron chi connectivity index (χ0n) is 12.6. The molecule has 2 unspecified atom stereocenters. The number of hydrogen-bond acceptors (Lipinski definition) is 3. The lowest BCUT2D eigenvalue weighted by Gasteiger charge is -2.45. The van der Waals surface area contributed by atoms with Gasteiger partial charge in [-0.1, -0.05) is 12.1 Å². The molecule has 4 heteroatoms. The van der Waals surface area contributed by atoms with E-state index in [1.54, 1.807) is 0 Å². The summed E-state index contributed by atoms with van der Waals surface area (Å²) in [6.07, 6.45) is 3.83. The Morgan fingerprint density at radius 2 is 2.00 bits per heavy atom. The normalized spacial score (nSPS) is 27.3. The van der Waals surface area contributed by atoms with Gasteiger partial charge in [-0.2, -0.15) is 0 Å². The van der Waals surface area contributed by atoms with Gasteiger partial charge in [0.25, 0.3) is 0 Å². The molecule has 2 aliphatic rings. The van der Waals surface area contributed by atoms with Crippen molar-refractivity contribution in [3.05, 3.63) is 33.4 Å². The molecule has 2 heterocycles. The van der Waals surface area contributed by atoms with E-state index in [0.717, 1.165) is 30.6 Å². The summed E-state index contributed by atoms with van der Waals surface area (Å²) in [6, 6.07) is 8.66. The van der Waals surface area contributed by atoms with Crippen LogP contribution in [0.15, 0.2) is 24.3 Å². The van der Waals surface area contributed by atoms with Gasteiger partial charge in [0.2, 0.25) is 0 Å². The molecule has 0 aromatic heterocycles. The molecule has 0 N–H and O–H groups in total. The minimum Gasteiger partial charge on any atom is -0.303 e. The van der Waals surface area contributed by atoms with E-state index in [1.165, 1.54) is 29.4 Å². The maximum atomic E-state index is 12.4. The van der Waals surface area contributed by atoms with Crippen molar-refractivity contribution in [2.24, 2.45) is 5.92 Å². The Kier molecular flexibility index (Phi) is 4.96. The lowest BCUT2D eigenvalue weighted by Crippen LogP contribution is -2.53. The third-order valence-electron chi connectivity index (χ3n) is 4.96. The zero-order valence-corrected chi connectivity index (χ0v) is 14.8. The summed E-state index contributed by atoms with van der Waals surface area (Å²) >= 11 is 2.27. The van der Waals surface area contributed by atoms with Gasteiger partial charge in [0.1, 0.15) is 0 Å². The number of likely N-dealkylation sites (tertiary alicyclic amines) is 2. The Morgan fingerprint density at radius 3 is 2.76 bits per heavy atom. The predicted molar refractivity (Wildman–Crippen MR) is 93.7 cm³/mol. The van der Waals surface area contributed by atoms with Crippen LogP contribution in [-0.2, 0) is 0 Å². The first kappa shape index (κ1) is 15.4. The van der Waals surface area contributed by atoms with Crippen molar-refractivity contribution >= 4 is 28.4 Å². The fraction of sp³-hybridized carbons (Fsp3) is 0.588. The van der Waals surface area contributed by atoms with E-state index < -0.39 is 0 Å². The summed E-state index contributed by atoms with van der Waals surface area (Å²) in [4.78, 5) is 17.3. The summed E-state index contributed by atoms with van der Waals surface area (Å²) in [5.41, 5.74) is 0.846. The Morgan fingerprint density at radius 1 is 1.24 bits per heavy atom. The second kappa shape index (κ2) is 6.75. The minimum atomic E-state index is 0.258. The maximum absolute atomic E-state index is 12.4.